The number of benzene rings is 2. The van der Waals surface area contributed by atoms with E-state index in [0.717, 1.165) is 28.3 Å². The van der Waals surface area contributed by atoms with Gasteiger partial charge in [-0.3, -0.25) is 0 Å². The van der Waals surface area contributed by atoms with E-state index in [1.54, 1.807) is 0 Å². The second-order valence-corrected chi connectivity index (χ2v) is 5.50. The largest absolute Gasteiger partial charge is 0.489 e. The molecule has 0 aliphatic rings. The Labute approximate surface area is 125 Å². The molecule has 0 unspecified atom stereocenters. The fourth-order valence-corrected chi connectivity index (χ4v) is 2.54. The molecule has 0 heterocycles. The van der Waals surface area contributed by atoms with Crippen LogP contribution in [0, 0.1) is 5.82 Å². The SMILES string of the molecule is CCc1cc(OCc2cc(F)cc(Br)c2)ccc1Cl. The molecule has 2 aromatic carbocycles. The van der Waals surface area contributed by atoms with Crippen LogP contribution in [0.2, 0.25) is 5.02 Å². The van der Waals surface area contributed by atoms with Gasteiger partial charge in [0.2, 0.25) is 0 Å². The topological polar surface area (TPSA) is 9.23 Å². The van der Waals surface area contributed by atoms with Crippen molar-refractivity contribution in [3.05, 3.63) is 62.8 Å². The molecule has 0 N–H and O–H groups in total. The first kappa shape index (κ1) is 14.4. The van der Waals surface area contributed by atoms with Gasteiger partial charge in [0.15, 0.2) is 0 Å². The molecule has 19 heavy (non-hydrogen) atoms. The van der Waals surface area contributed by atoms with Gasteiger partial charge in [0, 0.05) is 9.50 Å². The lowest BCUT2D eigenvalue weighted by molar-refractivity contribution is 0.305. The molecular weight excluding hydrogens is 331 g/mol. The molecule has 0 saturated carbocycles. The average Bonchev–Trinajstić information content (AvgIpc) is 2.36. The number of aryl methyl sites for hydroxylation is 1. The summed E-state index contributed by atoms with van der Waals surface area (Å²) in [5, 5.41) is 0.739. The van der Waals surface area contributed by atoms with Crippen molar-refractivity contribution < 1.29 is 9.13 Å². The van der Waals surface area contributed by atoms with Crippen LogP contribution in [-0.4, -0.2) is 0 Å². The summed E-state index contributed by atoms with van der Waals surface area (Å²) in [6.07, 6.45) is 0.849. The summed E-state index contributed by atoms with van der Waals surface area (Å²) < 4.78 is 19.6. The molecule has 0 atom stereocenters. The van der Waals surface area contributed by atoms with Crippen molar-refractivity contribution >= 4 is 27.5 Å². The maximum absolute atomic E-state index is 13.2. The van der Waals surface area contributed by atoms with Gasteiger partial charge in [0.05, 0.1) is 0 Å². The van der Waals surface area contributed by atoms with Crippen molar-refractivity contribution in [2.75, 3.05) is 0 Å². The van der Waals surface area contributed by atoms with Crippen LogP contribution in [0.5, 0.6) is 5.75 Å². The van der Waals surface area contributed by atoms with E-state index in [1.807, 2.05) is 31.2 Å². The molecule has 1 nitrogen and oxygen atoms in total. The van der Waals surface area contributed by atoms with Crippen molar-refractivity contribution in [2.24, 2.45) is 0 Å². The Balaban J connectivity index is 2.10. The minimum atomic E-state index is -0.279. The van der Waals surface area contributed by atoms with Gasteiger partial charge < -0.3 is 4.74 Å². The zero-order valence-corrected chi connectivity index (χ0v) is 12.8. The van der Waals surface area contributed by atoms with Crippen molar-refractivity contribution in [3.8, 4) is 5.75 Å². The lowest BCUT2D eigenvalue weighted by Crippen LogP contribution is -1.97. The Morgan fingerprint density at radius 1 is 1.21 bits per heavy atom. The van der Waals surface area contributed by atoms with Crippen LogP contribution in [0.1, 0.15) is 18.1 Å². The van der Waals surface area contributed by atoms with Gasteiger partial charge >= 0.3 is 0 Å². The number of hydrogen-bond donors (Lipinski definition) is 0. The predicted octanol–water partition coefficient (Wildman–Crippen LogP) is 5.38. The molecule has 100 valence electrons. The smallest absolute Gasteiger partial charge is 0.124 e. The van der Waals surface area contributed by atoms with Crippen LogP contribution in [0.15, 0.2) is 40.9 Å². The van der Waals surface area contributed by atoms with Gasteiger partial charge in [-0.1, -0.05) is 34.5 Å². The Morgan fingerprint density at radius 3 is 2.68 bits per heavy atom. The number of rotatable bonds is 4. The lowest BCUT2D eigenvalue weighted by atomic mass is 10.1. The first-order valence-electron chi connectivity index (χ1n) is 5.94. The minimum Gasteiger partial charge on any atom is -0.489 e. The predicted molar refractivity (Wildman–Crippen MR) is 79.3 cm³/mol. The number of hydrogen-bond acceptors (Lipinski definition) is 1. The van der Waals surface area contributed by atoms with Crippen LogP contribution in [0.3, 0.4) is 0 Å². The van der Waals surface area contributed by atoms with E-state index >= 15 is 0 Å². The second-order valence-electron chi connectivity index (χ2n) is 4.17. The van der Waals surface area contributed by atoms with Crippen LogP contribution in [0.4, 0.5) is 4.39 Å². The first-order chi connectivity index (χ1) is 9.08. The standard InChI is InChI=1S/C15H13BrClFO/c1-2-11-7-14(3-4-15(11)17)19-9-10-5-12(16)8-13(18)6-10/h3-8H,2,9H2,1H3. The molecule has 0 radical (unpaired) electrons. The quantitative estimate of drug-likeness (QED) is 0.724. The highest BCUT2D eigenvalue weighted by atomic mass is 79.9. The van der Waals surface area contributed by atoms with Crippen LogP contribution < -0.4 is 4.74 Å². The monoisotopic (exact) mass is 342 g/mol. The van der Waals surface area contributed by atoms with Crippen molar-refractivity contribution in [1.29, 1.82) is 0 Å². The summed E-state index contributed by atoms with van der Waals surface area (Å²) in [7, 11) is 0. The third kappa shape index (κ3) is 3.95. The summed E-state index contributed by atoms with van der Waals surface area (Å²) >= 11 is 9.30. The van der Waals surface area contributed by atoms with Gasteiger partial charge in [-0.15, -0.1) is 0 Å². The fraction of sp³-hybridized carbons (Fsp3) is 0.200. The van der Waals surface area contributed by atoms with E-state index in [0.29, 0.717) is 11.1 Å². The second kappa shape index (κ2) is 6.40. The van der Waals surface area contributed by atoms with Gasteiger partial charge in [0.1, 0.15) is 18.2 Å². The maximum Gasteiger partial charge on any atom is 0.124 e. The Hall–Kier alpha value is -1.06. The molecule has 4 heteroatoms. The molecule has 2 aromatic rings. The highest BCUT2D eigenvalue weighted by Gasteiger charge is 2.03. The Bertz CT molecular complexity index is 566. The summed E-state index contributed by atoms with van der Waals surface area (Å²) in [4.78, 5) is 0. The van der Waals surface area contributed by atoms with E-state index in [4.69, 9.17) is 16.3 Å². The zero-order chi connectivity index (χ0) is 13.8. The molecule has 0 saturated heterocycles. The summed E-state index contributed by atoms with van der Waals surface area (Å²) in [6, 6.07) is 10.3. The molecule has 0 spiro atoms. The van der Waals surface area contributed by atoms with Crippen LogP contribution >= 0.6 is 27.5 Å². The van der Waals surface area contributed by atoms with Gasteiger partial charge in [-0.2, -0.15) is 0 Å². The van der Waals surface area contributed by atoms with Crippen LogP contribution in [-0.2, 0) is 13.0 Å². The molecule has 0 aromatic heterocycles. The highest BCUT2D eigenvalue weighted by molar-refractivity contribution is 9.10. The van der Waals surface area contributed by atoms with E-state index in [2.05, 4.69) is 15.9 Å². The molecule has 0 amide bonds. The summed E-state index contributed by atoms with van der Waals surface area (Å²) in [5.41, 5.74) is 1.82. The van der Waals surface area contributed by atoms with Crippen molar-refractivity contribution in [1.82, 2.24) is 0 Å². The fourth-order valence-electron chi connectivity index (χ4n) is 1.77. The molecule has 0 aliphatic heterocycles. The minimum absolute atomic E-state index is 0.279. The third-order valence-electron chi connectivity index (χ3n) is 2.73. The van der Waals surface area contributed by atoms with Gasteiger partial charge in [-0.05, 0) is 53.9 Å². The van der Waals surface area contributed by atoms with Crippen LogP contribution in [0.25, 0.3) is 0 Å². The number of halogens is 3. The lowest BCUT2D eigenvalue weighted by Gasteiger charge is -2.09. The first-order valence-corrected chi connectivity index (χ1v) is 7.12. The molecule has 0 aliphatic carbocycles. The van der Waals surface area contributed by atoms with Crippen molar-refractivity contribution in [2.45, 2.75) is 20.0 Å². The van der Waals surface area contributed by atoms with E-state index < -0.39 is 0 Å². The van der Waals surface area contributed by atoms with Gasteiger partial charge in [0.25, 0.3) is 0 Å². The van der Waals surface area contributed by atoms with Gasteiger partial charge in [-0.25, -0.2) is 4.39 Å². The molecule has 0 fully saturated rings. The average molecular weight is 344 g/mol. The number of ether oxygens (including phenoxy) is 1. The molecular formula is C15H13BrClFO. The highest BCUT2D eigenvalue weighted by Crippen LogP contribution is 2.23. The summed E-state index contributed by atoms with van der Waals surface area (Å²) in [5.74, 6) is 0.458. The maximum atomic E-state index is 13.2. The van der Waals surface area contributed by atoms with E-state index in [-0.39, 0.29) is 5.82 Å². The normalized spacial score (nSPS) is 10.5. The van der Waals surface area contributed by atoms with E-state index in [9.17, 15) is 4.39 Å². The van der Waals surface area contributed by atoms with E-state index in [1.165, 1.54) is 12.1 Å². The zero-order valence-electron chi connectivity index (χ0n) is 10.4. The summed E-state index contributed by atoms with van der Waals surface area (Å²) in [6.45, 7) is 2.36. The Morgan fingerprint density at radius 2 is 2.00 bits per heavy atom. The molecule has 2 rings (SSSR count). The molecule has 0 bridgehead atoms. The van der Waals surface area contributed by atoms with Crippen molar-refractivity contribution in [3.63, 3.8) is 0 Å². The third-order valence-corrected chi connectivity index (χ3v) is 3.55. The Kier molecular flexibility index (Phi) is 4.83.